The second kappa shape index (κ2) is 5.38. The molecule has 0 unspecified atom stereocenters. The zero-order chi connectivity index (χ0) is 14.9. The van der Waals surface area contributed by atoms with E-state index in [0.717, 1.165) is 5.69 Å². The highest BCUT2D eigenvalue weighted by molar-refractivity contribution is 6.34. The Morgan fingerprint density at radius 3 is 2.55 bits per heavy atom. The molecule has 0 aliphatic rings. The summed E-state index contributed by atoms with van der Waals surface area (Å²) in [5.41, 5.74) is 0.663. The third-order valence-corrected chi connectivity index (χ3v) is 2.94. The molecule has 1 N–H and O–H groups in total. The molecule has 106 valence electrons. The predicted molar refractivity (Wildman–Crippen MR) is 75.2 cm³/mol. The van der Waals surface area contributed by atoms with Crippen molar-refractivity contribution in [2.45, 2.75) is 26.2 Å². The van der Waals surface area contributed by atoms with Gasteiger partial charge in [0.15, 0.2) is 10.3 Å². The van der Waals surface area contributed by atoms with Crippen molar-refractivity contribution in [3.05, 3.63) is 33.7 Å². The summed E-state index contributed by atoms with van der Waals surface area (Å²) in [6.07, 6.45) is 0. The molecule has 0 aliphatic heterocycles. The van der Waals surface area contributed by atoms with Crippen LogP contribution >= 0.6 is 23.2 Å². The van der Waals surface area contributed by atoms with E-state index in [0.29, 0.717) is 0 Å². The molecule has 1 amide bonds. The molecule has 0 fully saturated rings. The van der Waals surface area contributed by atoms with Crippen molar-refractivity contribution in [3.8, 4) is 0 Å². The van der Waals surface area contributed by atoms with Gasteiger partial charge in [0.25, 0.3) is 5.91 Å². The Kier molecular flexibility index (Phi) is 3.96. The molecule has 0 radical (unpaired) electrons. The standard InChI is InChI=1S/C12H12Cl2N4O2/c1-12(2,3)7-5-9(20-18-7)15-11(19)6-4-8(13)16-17-10(6)14/h4-5H,1-3H3,(H,15,19). The minimum Gasteiger partial charge on any atom is -0.338 e. The minimum absolute atomic E-state index is 0.0394. The Hall–Kier alpha value is -1.66. The van der Waals surface area contributed by atoms with E-state index in [-0.39, 0.29) is 27.2 Å². The SMILES string of the molecule is CC(C)(C)c1cc(NC(=O)c2cc(Cl)nnc2Cl)on1. The first-order chi connectivity index (χ1) is 9.27. The van der Waals surface area contributed by atoms with Crippen LogP contribution in [-0.4, -0.2) is 21.3 Å². The number of nitrogens with zero attached hydrogens (tertiary/aromatic N) is 3. The van der Waals surface area contributed by atoms with Crippen LogP contribution < -0.4 is 5.32 Å². The summed E-state index contributed by atoms with van der Waals surface area (Å²) in [5.74, 6) is -0.271. The Morgan fingerprint density at radius 2 is 1.95 bits per heavy atom. The molecule has 8 heteroatoms. The molecule has 0 saturated carbocycles. The Bertz CT molecular complexity index is 649. The summed E-state index contributed by atoms with van der Waals surface area (Å²) in [6.45, 7) is 5.96. The van der Waals surface area contributed by atoms with Gasteiger partial charge in [0.2, 0.25) is 5.88 Å². The summed E-state index contributed by atoms with van der Waals surface area (Å²) in [7, 11) is 0. The molecular weight excluding hydrogens is 303 g/mol. The van der Waals surface area contributed by atoms with Crippen LogP contribution in [0.5, 0.6) is 0 Å². The van der Waals surface area contributed by atoms with Crippen molar-refractivity contribution < 1.29 is 9.32 Å². The van der Waals surface area contributed by atoms with Crippen molar-refractivity contribution in [1.29, 1.82) is 0 Å². The maximum absolute atomic E-state index is 12.0. The van der Waals surface area contributed by atoms with E-state index in [2.05, 4.69) is 20.7 Å². The van der Waals surface area contributed by atoms with E-state index in [1.165, 1.54) is 6.07 Å². The van der Waals surface area contributed by atoms with Gasteiger partial charge in [-0.15, -0.1) is 10.2 Å². The average molecular weight is 315 g/mol. The third kappa shape index (κ3) is 3.26. The number of amides is 1. The number of nitrogens with one attached hydrogen (secondary N) is 1. The summed E-state index contributed by atoms with van der Waals surface area (Å²) in [4.78, 5) is 12.0. The fraction of sp³-hybridized carbons (Fsp3) is 0.333. The van der Waals surface area contributed by atoms with Gasteiger partial charge in [-0.05, 0) is 6.07 Å². The fourth-order valence-electron chi connectivity index (χ4n) is 1.38. The van der Waals surface area contributed by atoms with Gasteiger partial charge in [-0.25, -0.2) is 0 Å². The van der Waals surface area contributed by atoms with Gasteiger partial charge in [0, 0.05) is 11.5 Å². The van der Waals surface area contributed by atoms with E-state index < -0.39 is 5.91 Å². The number of rotatable bonds is 2. The molecule has 0 bridgehead atoms. The van der Waals surface area contributed by atoms with Crippen LogP contribution in [0, 0.1) is 0 Å². The van der Waals surface area contributed by atoms with Crippen molar-refractivity contribution in [2.24, 2.45) is 0 Å². The Balaban J connectivity index is 2.20. The van der Waals surface area contributed by atoms with Crippen molar-refractivity contribution >= 4 is 35.0 Å². The van der Waals surface area contributed by atoms with Crippen molar-refractivity contribution in [3.63, 3.8) is 0 Å². The molecule has 2 rings (SSSR count). The minimum atomic E-state index is -0.497. The highest BCUT2D eigenvalue weighted by Crippen LogP contribution is 2.24. The smallest absolute Gasteiger partial charge is 0.261 e. The van der Waals surface area contributed by atoms with Crippen molar-refractivity contribution in [2.75, 3.05) is 5.32 Å². The summed E-state index contributed by atoms with van der Waals surface area (Å²) in [6, 6.07) is 2.98. The number of anilines is 1. The van der Waals surface area contributed by atoms with Crippen LogP contribution in [0.2, 0.25) is 10.3 Å². The highest BCUT2D eigenvalue weighted by Gasteiger charge is 2.21. The van der Waals surface area contributed by atoms with Gasteiger partial charge in [0.05, 0.1) is 11.3 Å². The van der Waals surface area contributed by atoms with E-state index in [9.17, 15) is 4.79 Å². The topological polar surface area (TPSA) is 80.9 Å². The lowest BCUT2D eigenvalue weighted by molar-refractivity contribution is 0.102. The van der Waals surface area contributed by atoms with Crippen molar-refractivity contribution in [1.82, 2.24) is 15.4 Å². The van der Waals surface area contributed by atoms with Gasteiger partial charge in [-0.1, -0.05) is 49.1 Å². The number of carbonyl (C=O) groups excluding carboxylic acids is 1. The lowest BCUT2D eigenvalue weighted by Crippen LogP contribution is -2.13. The summed E-state index contributed by atoms with van der Waals surface area (Å²) >= 11 is 11.5. The first kappa shape index (κ1) is 14.7. The Labute approximate surface area is 125 Å². The molecule has 20 heavy (non-hydrogen) atoms. The van der Waals surface area contributed by atoms with Gasteiger partial charge in [0.1, 0.15) is 0 Å². The van der Waals surface area contributed by atoms with Crippen LogP contribution in [0.25, 0.3) is 0 Å². The largest absolute Gasteiger partial charge is 0.338 e. The predicted octanol–water partition coefficient (Wildman–Crippen LogP) is 3.32. The van der Waals surface area contributed by atoms with E-state index in [1.54, 1.807) is 6.07 Å². The number of halogens is 2. The molecule has 6 nitrogen and oxygen atoms in total. The number of hydrogen-bond acceptors (Lipinski definition) is 5. The van der Waals surface area contributed by atoms with Crippen LogP contribution in [0.4, 0.5) is 5.88 Å². The molecular formula is C12H12Cl2N4O2. The normalized spacial score (nSPS) is 11.4. The van der Waals surface area contributed by atoms with Gasteiger partial charge in [-0.3, -0.25) is 10.1 Å². The second-order valence-corrected chi connectivity index (χ2v) is 5.90. The monoisotopic (exact) mass is 314 g/mol. The quantitative estimate of drug-likeness (QED) is 0.919. The molecule has 0 saturated heterocycles. The highest BCUT2D eigenvalue weighted by atomic mass is 35.5. The first-order valence-electron chi connectivity index (χ1n) is 5.74. The maximum Gasteiger partial charge on any atom is 0.261 e. The van der Waals surface area contributed by atoms with E-state index >= 15 is 0 Å². The fourth-order valence-corrected chi connectivity index (χ4v) is 1.70. The molecule has 0 aliphatic carbocycles. The van der Waals surface area contributed by atoms with Crippen LogP contribution in [0.3, 0.4) is 0 Å². The second-order valence-electron chi connectivity index (χ2n) is 5.15. The molecule has 2 aromatic heterocycles. The number of carbonyl (C=O) groups is 1. The average Bonchev–Trinajstić information content (AvgIpc) is 2.80. The van der Waals surface area contributed by atoms with E-state index in [4.69, 9.17) is 27.7 Å². The van der Waals surface area contributed by atoms with Crippen LogP contribution in [0.15, 0.2) is 16.7 Å². The summed E-state index contributed by atoms with van der Waals surface area (Å²) in [5, 5.41) is 13.6. The van der Waals surface area contributed by atoms with Crippen LogP contribution in [0.1, 0.15) is 36.8 Å². The number of hydrogen-bond donors (Lipinski definition) is 1. The molecule has 0 spiro atoms. The zero-order valence-corrected chi connectivity index (χ0v) is 12.6. The molecule has 0 atom stereocenters. The lowest BCUT2D eigenvalue weighted by atomic mass is 9.92. The van der Waals surface area contributed by atoms with Gasteiger partial charge in [-0.2, -0.15) is 0 Å². The first-order valence-corrected chi connectivity index (χ1v) is 6.50. The Morgan fingerprint density at radius 1 is 1.25 bits per heavy atom. The molecule has 2 aromatic rings. The lowest BCUT2D eigenvalue weighted by Gasteiger charge is -2.12. The zero-order valence-electron chi connectivity index (χ0n) is 11.1. The van der Waals surface area contributed by atoms with E-state index in [1.807, 2.05) is 20.8 Å². The number of aromatic nitrogens is 3. The van der Waals surface area contributed by atoms with Crippen LogP contribution in [-0.2, 0) is 5.41 Å². The summed E-state index contributed by atoms with van der Waals surface area (Å²) < 4.78 is 5.06. The third-order valence-electron chi connectivity index (χ3n) is 2.48. The molecule has 2 heterocycles. The molecule has 0 aromatic carbocycles. The maximum atomic E-state index is 12.0. The van der Waals surface area contributed by atoms with Gasteiger partial charge < -0.3 is 4.52 Å². The van der Waals surface area contributed by atoms with Gasteiger partial charge >= 0.3 is 0 Å².